The lowest BCUT2D eigenvalue weighted by Gasteiger charge is -2.26. The number of hydrogen-bond acceptors (Lipinski definition) is 4. The Balaban J connectivity index is 1.76. The third-order valence-electron chi connectivity index (χ3n) is 3.76. The highest BCUT2D eigenvalue weighted by molar-refractivity contribution is 7.27. The molecule has 0 aromatic carbocycles. The first-order valence-corrected chi connectivity index (χ1v) is 8.40. The molecule has 1 amide bonds. The van der Waals surface area contributed by atoms with Gasteiger partial charge in [0.05, 0.1) is 4.88 Å². The first-order valence-electron chi connectivity index (χ1n) is 6.70. The molecule has 1 unspecified atom stereocenters. The monoisotopic (exact) mass is 294 g/mol. The molecular formula is C14H18N2OS2. The Bertz CT molecular complexity index is 538. The normalized spacial score (nSPS) is 20.4. The summed E-state index contributed by atoms with van der Waals surface area (Å²) < 4.78 is 2.45. The number of hydrogen-bond donors (Lipinski definition) is 1. The summed E-state index contributed by atoms with van der Waals surface area (Å²) in [7, 11) is 1.95. The zero-order valence-electron chi connectivity index (χ0n) is 11.0. The molecule has 0 spiro atoms. The molecule has 1 saturated heterocycles. The highest BCUT2D eigenvalue weighted by atomic mass is 32.1. The van der Waals surface area contributed by atoms with Crippen molar-refractivity contribution in [3.05, 3.63) is 22.4 Å². The van der Waals surface area contributed by atoms with E-state index in [4.69, 9.17) is 0 Å². The van der Waals surface area contributed by atoms with Crippen molar-refractivity contribution in [3.8, 4) is 0 Å². The minimum Gasteiger partial charge on any atom is -0.338 e. The second kappa shape index (κ2) is 5.61. The summed E-state index contributed by atoms with van der Waals surface area (Å²) in [6, 6.07) is 4.51. The van der Waals surface area contributed by atoms with Crippen LogP contribution in [0.2, 0.25) is 0 Å². The quantitative estimate of drug-likeness (QED) is 0.922. The molecule has 2 aromatic heterocycles. The standard InChI is InChI=1S/C14H18N2OS2/c1-16(10-3-2-6-15-7-4-10)14(17)13-9-12-11(19-13)5-8-18-12/h5,8-10,15H,2-4,6-7H2,1H3. The molecule has 3 nitrogen and oxygen atoms in total. The molecule has 1 atom stereocenters. The molecule has 3 rings (SSSR count). The Morgan fingerprint density at radius 3 is 3.11 bits per heavy atom. The van der Waals surface area contributed by atoms with Crippen LogP contribution in [0, 0.1) is 0 Å². The average Bonchev–Trinajstić information content (AvgIpc) is 2.89. The number of amides is 1. The van der Waals surface area contributed by atoms with Gasteiger partial charge in [-0.3, -0.25) is 4.79 Å². The molecule has 0 bridgehead atoms. The first kappa shape index (κ1) is 13.1. The van der Waals surface area contributed by atoms with Gasteiger partial charge in [-0.1, -0.05) is 0 Å². The van der Waals surface area contributed by atoms with Crippen LogP contribution in [-0.4, -0.2) is 37.0 Å². The molecule has 2 aromatic rings. The highest BCUT2D eigenvalue weighted by Gasteiger charge is 2.23. The molecule has 102 valence electrons. The number of carbonyl (C=O) groups excluding carboxylic acids is 1. The van der Waals surface area contributed by atoms with Gasteiger partial charge in [-0.2, -0.15) is 0 Å². The molecule has 1 aliphatic heterocycles. The van der Waals surface area contributed by atoms with Gasteiger partial charge >= 0.3 is 0 Å². The van der Waals surface area contributed by atoms with E-state index in [1.165, 1.54) is 9.40 Å². The fourth-order valence-electron chi connectivity index (χ4n) is 2.60. The number of rotatable bonds is 2. The van der Waals surface area contributed by atoms with Crippen molar-refractivity contribution in [2.75, 3.05) is 20.1 Å². The fourth-order valence-corrected chi connectivity index (χ4v) is 4.69. The van der Waals surface area contributed by atoms with E-state index in [0.29, 0.717) is 6.04 Å². The van der Waals surface area contributed by atoms with Gasteiger partial charge in [-0.25, -0.2) is 0 Å². The summed E-state index contributed by atoms with van der Waals surface area (Å²) in [6.07, 6.45) is 3.32. The van der Waals surface area contributed by atoms with Gasteiger partial charge in [0.15, 0.2) is 0 Å². The maximum absolute atomic E-state index is 12.5. The minimum absolute atomic E-state index is 0.181. The van der Waals surface area contributed by atoms with Gasteiger partial charge in [-0.15, -0.1) is 22.7 Å². The van der Waals surface area contributed by atoms with E-state index in [9.17, 15) is 4.79 Å². The third kappa shape index (κ3) is 2.68. The van der Waals surface area contributed by atoms with Crippen molar-refractivity contribution in [2.24, 2.45) is 0 Å². The summed E-state index contributed by atoms with van der Waals surface area (Å²) in [5.74, 6) is 0.181. The van der Waals surface area contributed by atoms with E-state index in [-0.39, 0.29) is 5.91 Å². The number of thiophene rings is 2. The lowest BCUT2D eigenvalue weighted by atomic mass is 10.1. The molecular weight excluding hydrogens is 276 g/mol. The molecule has 3 heterocycles. The van der Waals surface area contributed by atoms with Gasteiger partial charge in [0.2, 0.25) is 0 Å². The Labute approximate surface area is 121 Å². The van der Waals surface area contributed by atoms with Crippen LogP contribution in [0.25, 0.3) is 9.40 Å². The van der Waals surface area contributed by atoms with Crippen LogP contribution in [0.1, 0.15) is 28.9 Å². The summed E-state index contributed by atoms with van der Waals surface area (Å²) in [6.45, 7) is 2.09. The van der Waals surface area contributed by atoms with Crippen LogP contribution in [0.4, 0.5) is 0 Å². The van der Waals surface area contributed by atoms with Crippen molar-refractivity contribution in [1.29, 1.82) is 0 Å². The fraction of sp³-hybridized carbons (Fsp3) is 0.500. The Kier molecular flexibility index (Phi) is 3.86. The van der Waals surface area contributed by atoms with E-state index in [1.54, 1.807) is 22.7 Å². The predicted molar refractivity (Wildman–Crippen MR) is 82.3 cm³/mol. The molecule has 0 aliphatic carbocycles. The van der Waals surface area contributed by atoms with Crippen molar-refractivity contribution < 1.29 is 4.79 Å². The highest BCUT2D eigenvalue weighted by Crippen LogP contribution is 2.31. The van der Waals surface area contributed by atoms with Gasteiger partial charge in [0, 0.05) is 22.5 Å². The molecule has 0 saturated carbocycles. The molecule has 1 fully saturated rings. The van der Waals surface area contributed by atoms with E-state index in [0.717, 1.165) is 37.2 Å². The third-order valence-corrected chi connectivity index (χ3v) is 5.84. The zero-order chi connectivity index (χ0) is 13.2. The summed E-state index contributed by atoms with van der Waals surface area (Å²) in [5.41, 5.74) is 0. The zero-order valence-corrected chi connectivity index (χ0v) is 12.6. The maximum Gasteiger partial charge on any atom is 0.263 e. The second-order valence-electron chi connectivity index (χ2n) is 5.01. The molecule has 1 N–H and O–H groups in total. The summed E-state index contributed by atoms with van der Waals surface area (Å²) in [4.78, 5) is 15.4. The van der Waals surface area contributed by atoms with E-state index in [1.807, 2.05) is 18.0 Å². The van der Waals surface area contributed by atoms with Crippen LogP contribution in [0.3, 0.4) is 0 Å². The molecule has 1 aliphatic rings. The van der Waals surface area contributed by atoms with E-state index < -0.39 is 0 Å². The van der Waals surface area contributed by atoms with Gasteiger partial charge < -0.3 is 10.2 Å². The molecule has 19 heavy (non-hydrogen) atoms. The van der Waals surface area contributed by atoms with Crippen molar-refractivity contribution in [2.45, 2.75) is 25.3 Å². The summed E-state index contributed by atoms with van der Waals surface area (Å²) in [5, 5.41) is 5.47. The van der Waals surface area contributed by atoms with Crippen molar-refractivity contribution >= 4 is 38.0 Å². The van der Waals surface area contributed by atoms with Crippen LogP contribution in [0.5, 0.6) is 0 Å². The number of nitrogens with zero attached hydrogens (tertiary/aromatic N) is 1. The SMILES string of the molecule is CN(C(=O)c1cc2sccc2s1)C1CCCNCC1. The minimum atomic E-state index is 0.181. The Morgan fingerprint density at radius 2 is 2.26 bits per heavy atom. The van der Waals surface area contributed by atoms with Gasteiger partial charge in [-0.05, 0) is 49.9 Å². The molecule has 5 heteroatoms. The first-order chi connectivity index (χ1) is 9.25. The second-order valence-corrected chi connectivity index (χ2v) is 7.04. The van der Waals surface area contributed by atoms with Crippen LogP contribution < -0.4 is 5.32 Å². The smallest absolute Gasteiger partial charge is 0.263 e. The average molecular weight is 294 g/mol. The Hall–Kier alpha value is -0.910. The van der Waals surface area contributed by atoms with Crippen LogP contribution in [0.15, 0.2) is 17.5 Å². The van der Waals surface area contributed by atoms with Crippen LogP contribution >= 0.6 is 22.7 Å². The number of fused-ring (bicyclic) bond motifs is 1. The largest absolute Gasteiger partial charge is 0.338 e. The molecule has 0 radical (unpaired) electrons. The topological polar surface area (TPSA) is 32.3 Å². The van der Waals surface area contributed by atoms with Crippen molar-refractivity contribution in [3.63, 3.8) is 0 Å². The van der Waals surface area contributed by atoms with Crippen molar-refractivity contribution in [1.82, 2.24) is 10.2 Å². The summed E-state index contributed by atoms with van der Waals surface area (Å²) >= 11 is 3.32. The Morgan fingerprint density at radius 1 is 1.37 bits per heavy atom. The number of nitrogens with one attached hydrogen (secondary N) is 1. The predicted octanol–water partition coefficient (Wildman–Crippen LogP) is 3.18. The van der Waals surface area contributed by atoms with Gasteiger partial charge in [0.25, 0.3) is 5.91 Å². The maximum atomic E-state index is 12.5. The lowest BCUT2D eigenvalue weighted by Crippen LogP contribution is -2.37. The van der Waals surface area contributed by atoms with E-state index >= 15 is 0 Å². The van der Waals surface area contributed by atoms with Crippen LogP contribution in [-0.2, 0) is 0 Å². The number of carbonyl (C=O) groups is 1. The van der Waals surface area contributed by atoms with Gasteiger partial charge in [0.1, 0.15) is 0 Å². The van der Waals surface area contributed by atoms with E-state index in [2.05, 4.69) is 16.8 Å². The lowest BCUT2D eigenvalue weighted by molar-refractivity contribution is 0.0725.